The maximum atomic E-state index is 11.9. The Hall–Kier alpha value is -2.14. The molecular formula is C11H7ClN2O3. The predicted octanol–water partition coefficient (Wildman–Crippen LogP) is 2.74. The van der Waals surface area contributed by atoms with Gasteiger partial charge >= 0.3 is 0 Å². The van der Waals surface area contributed by atoms with Crippen molar-refractivity contribution in [1.29, 1.82) is 0 Å². The molecule has 0 amide bonds. The lowest BCUT2D eigenvalue weighted by molar-refractivity contribution is -0.384. The molecule has 86 valence electrons. The van der Waals surface area contributed by atoms with Crippen molar-refractivity contribution in [1.82, 2.24) is 4.57 Å². The largest absolute Gasteiger partial charge is 0.291 e. The number of nitro benzene ring substituents is 1. The van der Waals surface area contributed by atoms with Gasteiger partial charge in [0.1, 0.15) is 0 Å². The molecule has 0 unspecified atom stereocenters. The molecule has 0 N–H and O–H groups in total. The van der Waals surface area contributed by atoms with Gasteiger partial charge in [0, 0.05) is 24.5 Å². The van der Waals surface area contributed by atoms with Gasteiger partial charge in [-0.2, -0.15) is 0 Å². The summed E-state index contributed by atoms with van der Waals surface area (Å²) in [6, 6.07) is 7.18. The van der Waals surface area contributed by atoms with E-state index in [1.807, 2.05) is 0 Å². The Morgan fingerprint density at radius 1 is 1.29 bits per heavy atom. The highest BCUT2D eigenvalue weighted by molar-refractivity contribution is 6.34. The molecule has 2 rings (SSSR count). The number of hydrogen-bond donors (Lipinski definition) is 0. The first-order valence-corrected chi connectivity index (χ1v) is 5.09. The summed E-state index contributed by atoms with van der Waals surface area (Å²) in [7, 11) is 0. The van der Waals surface area contributed by atoms with E-state index in [1.165, 1.54) is 16.7 Å². The number of nitro groups is 1. The highest BCUT2D eigenvalue weighted by Crippen LogP contribution is 2.23. The van der Waals surface area contributed by atoms with Crippen LogP contribution in [0.3, 0.4) is 0 Å². The zero-order valence-electron chi connectivity index (χ0n) is 8.54. The quantitative estimate of drug-likeness (QED) is 0.608. The van der Waals surface area contributed by atoms with Gasteiger partial charge in [0.05, 0.1) is 15.5 Å². The number of non-ortho nitro benzene ring substituents is 1. The lowest BCUT2D eigenvalue weighted by atomic mass is 10.2. The smallest absolute Gasteiger partial charge is 0.270 e. The molecule has 0 radical (unpaired) electrons. The van der Waals surface area contributed by atoms with Crippen molar-refractivity contribution in [3.8, 4) is 0 Å². The fourth-order valence-corrected chi connectivity index (χ4v) is 1.66. The standard InChI is InChI=1S/C11H7ClN2O3/c12-10-7-8(14(16)17)3-4-9(10)11(15)13-5-1-2-6-13/h1-7H. The Balaban J connectivity index is 2.41. The van der Waals surface area contributed by atoms with E-state index in [0.29, 0.717) is 0 Å². The van der Waals surface area contributed by atoms with Gasteiger partial charge in [-0.1, -0.05) is 11.6 Å². The average Bonchev–Trinajstić information content (AvgIpc) is 2.81. The van der Waals surface area contributed by atoms with E-state index in [2.05, 4.69) is 0 Å². The Bertz CT molecular complexity index is 578. The summed E-state index contributed by atoms with van der Waals surface area (Å²) in [5.74, 6) is -0.324. The van der Waals surface area contributed by atoms with Crippen LogP contribution in [0.15, 0.2) is 42.7 Å². The van der Waals surface area contributed by atoms with E-state index in [4.69, 9.17) is 11.6 Å². The molecule has 0 aliphatic carbocycles. The lowest BCUT2D eigenvalue weighted by Gasteiger charge is -2.03. The molecule has 0 spiro atoms. The van der Waals surface area contributed by atoms with E-state index < -0.39 is 4.92 Å². The molecule has 0 saturated carbocycles. The molecule has 6 heteroatoms. The van der Waals surface area contributed by atoms with Crippen LogP contribution in [0.25, 0.3) is 0 Å². The van der Waals surface area contributed by atoms with Crippen molar-refractivity contribution in [2.75, 3.05) is 0 Å². The molecule has 0 aliphatic rings. The first-order chi connectivity index (χ1) is 8.09. The van der Waals surface area contributed by atoms with Crippen LogP contribution >= 0.6 is 11.6 Å². The van der Waals surface area contributed by atoms with Crippen molar-refractivity contribution in [2.24, 2.45) is 0 Å². The van der Waals surface area contributed by atoms with Gasteiger partial charge in [-0.3, -0.25) is 19.5 Å². The number of nitrogens with zero attached hydrogens (tertiary/aromatic N) is 2. The Morgan fingerprint density at radius 2 is 1.94 bits per heavy atom. The summed E-state index contributed by atoms with van der Waals surface area (Å²) in [6.45, 7) is 0. The van der Waals surface area contributed by atoms with Crippen LogP contribution in [0.2, 0.25) is 5.02 Å². The van der Waals surface area contributed by atoms with Gasteiger partial charge in [0.2, 0.25) is 0 Å². The molecule has 0 atom stereocenters. The van der Waals surface area contributed by atoms with Crippen LogP contribution in [0.5, 0.6) is 0 Å². The number of carbonyl (C=O) groups is 1. The van der Waals surface area contributed by atoms with E-state index in [9.17, 15) is 14.9 Å². The summed E-state index contributed by atoms with van der Waals surface area (Å²) in [6.07, 6.45) is 3.17. The van der Waals surface area contributed by atoms with Crippen molar-refractivity contribution in [3.05, 3.63) is 63.4 Å². The first-order valence-electron chi connectivity index (χ1n) is 4.71. The molecule has 1 aromatic carbocycles. The van der Waals surface area contributed by atoms with Crippen LogP contribution in [0.1, 0.15) is 10.4 Å². The minimum absolute atomic E-state index is 0.0675. The van der Waals surface area contributed by atoms with Crippen LogP contribution in [0.4, 0.5) is 5.69 Å². The molecule has 0 saturated heterocycles. The minimum atomic E-state index is -0.560. The fourth-order valence-electron chi connectivity index (χ4n) is 1.40. The third-order valence-electron chi connectivity index (χ3n) is 2.23. The number of carbonyl (C=O) groups excluding carboxylic acids is 1. The zero-order valence-corrected chi connectivity index (χ0v) is 9.29. The Kier molecular flexibility index (Phi) is 2.93. The fraction of sp³-hybridized carbons (Fsp3) is 0. The van der Waals surface area contributed by atoms with Crippen LogP contribution < -0.4 is 0 Å². The summed E-state index contributed by atoms with van der Waals surface area (Å²) in [5, 5.41) is 10.6. The summed E-state index contributed by atoms with van der Waals surface area (Å²) < 4.78 is 1.35. The molecule has 5 nitrogen and oxygen atoms in total. The van der Waals surface area contributed by atoms with Gasteiger partial charge in [0.15, 0.2) is 0 Å². The number of benzene rings is 1. The minimum Gasteiger partial charge on any atom is -0.291 e. The summed E-state index contributed by atoms with van der Waals surface area (Å²) >= 11 is 5.85. The zero-order chi connectivity index (χ0) is 12.4. The van der Waals surface area contributed by atoms with Crippen LogP contribution in [0, 0.1) is 10.1 Å². The molecule has 2 aromatic rings. The topological polar surface area (TPSA) is 65.1 Å². The molecule has 0 bridgehead atoms. The summed E-state index contributed by atoms with van der Waals surface area (Å²) in [5.41, 5.74) is 0.0903. The van der Waals surface area contributed by atoms with Gasteiger partial charge in [-0.25, -0.2) is 0 Å². The summed E-state index contributed by atoms with van der Waals surface area (Å²) in [4.78, 5) is 21.9. The number of aromatic nitrogens is 1. The van der Waals surface area contributed by atoms with Gasteiger partial charge < -0.3 is 0 Å². The van der Waals surface area contributed by atoms with Gasteiger partial charge in [-0.05, 0) is 18.2 Å². The monoisotopic (exact) mass is 250 g/mol. The number of rotatable bonds is 2. The molecule has 1 heterocycles. The molecule has 0 fully saturated rings. The SMILES string of the molecule is O=C(c1ccc([N+](=O)[O-])cc1Cl)n1cccc1. The van der Waals surface area contributed by atoms with Crippen molar-refractivity contribution in [3.63, 3.8) is 0 Å². The van der Waals surface area contributed by atoms with Crippen molar-refractivity contribution in [2.45, 2.75) is 0 Å². The first kappa shape index (κ1) is 11.3. The highest BCUT2D eigenvalue weighted by atomic mass is 35.5. The van der Waals surface area contributed by atoms with Crippen molar-refractivity contribution < 1.29 is 9.72 Å². The molecule has 1 aromatic heterocycles. The maximum absolute atomic E-state index is 11.9. The third kappa shape index (κ3) is 2.19. The second kappa shape index (κ2) is 4.39. The molecule has 17 heavy (non-hydrogen) atoms. The second-order valence-corrected chi connectivity index (χ2v) is 3.72. The third-order valence-corrected chi connectivity index (χ3v) is 2.55. The Labute approximate surface area is 101 Å². The highest BCUT2D eigenvalue weighted by Gasteiger charge is 2.15. The van der Waals surface area contributed by atoms with E-state index in [0.717, 1.165) is 6.07 Å². The van der Waals surface area contributed by atoms with Crippen LogP contribution in [-0.2, 0) is 0 Å². The van der Waals surface area contributed by atoms with Gasteiger partial charge in [0.25, 0.3) is 11.6 Å². The van der Waals surface area contributed by atoms with Crippen LogP contribution in [-0.4, -0.2) is 15.4 Å². The van der Waals surface area contributed by atoms with Crippen molar-refractivity contribution >= 4 is 23.2 Å². The molecule has 0 aliphatic heterocycles. The van der Waals surface area contributed by atoms with E-state index in [1.54, 1.807) is 24.5 Å². The normalized spacial score (nSPS) is 10.2. The Morgan fingerprint density at radius 3 is 2.47 bits per heavy atom. The van der Waals surface area contributed by atoms with E-state index in [-0.39, 0.29) is 22.2 Å². The molecular weight excluding hydrogens is 244 g/mol. The van der Waals surface area contributed by atoms with Gasteiger partial charge in [-0.15, -0.1) is 0 Å². The number of hydrogen-bond acceptors (Lipinski definition) is 3. The maximum Gasteiger partial charge on any atom is 0.270 e. The average molecular weight is 251 g/mol. The lowest BCUT2D eigenvalue weighted by Crippen LogP contribution is -2.10. The van der Waals surface area contributed by atoms with E-state index >= 15 is 0 Å². The predicted molar refractivity (Wildman–Crippen MR) is 62.3 cm³/mol. The second-order valence-electron chi connectivity index (χ2n) is 3.32. The number of halogens is 1.